The molecule has 0 aliphatic heterocycles. The van der Waals surface area contributed by atoms with Crippen LogP contribution in [-0.4, -0.2) is 28.9 Å². The molecule has 0 aromatic heterocycles. The SMILES string of the molecule is CC(C)CC(C)N(C)C(=O)C(C)C(N)=S. The molecule has 3 nitrogen and oxygen atoms in total. The van der Waals surface area contributed by atoms with Crippen molar-refractivity contribution in [1.82, 2.24) is 4.90 Å². The molecular weight excluding hydrogens is 208 g/mol. The van der Waals surface area contributed by atoms with Gasteiger partial charge in [-0.05, 0) is 26.2 Å². The first-order chi connectivity index (χ1) is 6.77. The van der Waals surface area contributed by atoms with Crippen molar-refractivity contribution in [2.24, 2.45) is 17.6 Å². The minimum atomic E-state index is -0.361. The second-order valence-electron chi connectivity index (χ2n) is 4.55. The Hall–Kier alpha value is -0.640. The fraction of sp³-hybridized carbons (Fsp3) is 0.818. The van der Waals surface area contributed by atoms with Crippen LogP contribution in [0.1, 0.15) is 34.1 Å². The summed E-state index contributed by atoms with van der Waals surface area (Å²) in [6.07, 6.45) is 0.992. The predicted molar refractivity (Wildman–Crippen MR) is 67.6 cm³/mol. The van der Waals surface area contributed by atoms with Gasteiger partial charge in [0.2, 0.25) is 5.91 Å². The van der Waals surface area contributed by atoms with Gasteiger partial charge < -0.3 is 10.6 Å². The standard InChI is InChI=1S/C11H22N2OS/c1-7(2)6-8(3)13(5)11(14)9(4)10(12)15/h7-9H,6H2,1-5H3,(H2,12,15). The zero-order valence-corrected chi connectivity index (χ0v) is 11.1. The van der Waals surface area contributed by atoms with Crippen molar-refractivity contribution in [3.05, 3.63) is 0 Å². The molecule has 0 aliphatic carbocycles. The van der Waals surface area contributed by atoms with Crippen molar-refractivity contribution in [3.63, 3.8) is 0 Å². The fourth-order valence-corrected chi connectivity index (χ4v) is 1.59. The Labute approximate surface area is 98.0 Å². The molecule has 1 amide bonds. The Morgan fingerprint density at radius 1 is 1.33 bits per heavy atom. The number of thiocarbonyl (C=S) groups is 1. The van der Waals surface area contributed by atoms with E-state index >= 15 is 0 Å². The summed E-state index contributed by atoms with van der Waals surface area (Å²) in [6.45, 7) is 8.09. The van der Waals surface area contributed by atoms with E-state index in [1.807, 2.05) is 14.0 Å². The summed E-state index contributed by atoms with van der Waals surface area (Å²) in [5.41, 5.74) is 5.46. The van der Waals surface area contributed by atoms with Gasteiger partial charge in [-0.2, -0.15) is 0 Å². The monoisotopic (exact) mass is 230 g/mol. The maximum Gasteiger partial charge on any atom is 0.232 e. The Bertz CT molecular complexity index is 241. The largest absolute Gasteiger partial charge is 0.393 e. The zero-order valence-electron chi connectivity index (χ0n) is 10.3. The molecule has 0 saturated heterocycles. The minimum absolute atomic E-state index is 0.00986. The summed E-state index contributed by atoms with van der Waals surface area (Å²) in [5, 5.41) is 0. The number of carbonyl (C=O) groups is 1. The number of nitrogens with two attached hydrogens (primary N) is 1. The molecular formula is C11H22N2OS. The predicted octanol–water partition coefficient (Wildman–Crippen LogP) is 1.80. The van der Waals surface area contributed by atoms with Gasteiger partial charge in [-0.25, -0.2) is 0 Å². The first-order valence-electron chi connectivity index (χ1n) is 5.33. The lowest BCUT2D eigenvalue weighted by molar-refractivity contribution is -0.133. The van der Waals surface area contributed by atoms with Crippen LogP contribution in [0, 0.1) is 11.8 Å². The molecule has 0 aromatic carbocycles. The molecule has 0 aromatic rings. The molecule has 2 atom stereocenters. The highest BCUT2D eigenvalue weighted by Crippen LogP contribution is 2.12. The van der Waals surface area contributed by atoms with Gasteiger partial charge in [-0.1, -0.05) is 26.1 Å². The molecule has 0 radical (unpaired) electrons. The number of carbonyl (C=O) groups excluding carboxylic acids is 1. The van der Waals surface area contributed by atoms with Crippen molar-refractivity contribution < 1.29 is 4.79 Å². The highest BCUT2D eigenvalue weighted by atomic mass is 32.1. The number of rotatable bonds is 5. The summed E-state index contributed by atoms with van der Waals surface area (Å²) in [6, 6.07) is 0.231. The molecule has 0 aliphatic rings. The van der Waals surface area contributed by atoms with E-state index < -0.39 is 0 Å². The first kappa shape index (κ1) is 14.4. The molecule has 15 heavy (non-hydrogen) atoms. The third kappa shape index (κ3) is 4.60. The Kier molecular flexibility index (Phi) is 5.80. The smallest absolute Gasteiger partial charge is 0.232 e. The lowest BCUT2D eigenvalue weighted by Crippen LogP contribution is -2.42. The molecule has 0 rings (SSSR count). The zero-order chi connectivity index (χ0) is 12.2. The van der Waals surface area contributed by atoms with Crippen LogP contribution in [0.3, 0.4) is 0 Å². The Morgan fingerprint density at radius 3 is 2.13 bits per heavy atom. The van der Waals surface area contributed by atoms with Gasteiger partial charge in [0.15, 0.2) is 0 Å². The van der Waals surface area contributed by atoms with E-state index in [9.17, 15) is 4.79 Å². The van der Waals surface area contributed by atoms with Gasteiger partial charge in [0.25, 0.3) is 0 Å². The quantitative estimate of drug-likeness (QED) is 0.733. The topological polar surface area (TPSA) is 46.3 Å². The summed E-state index contributed by atoms with van der Waals surface area (Å²) in [5.74, 6) is 0.227. The third-order valence-electron chi connectivity index (χ3n) is 2.62. The summed E-state index contributed by atoms with van der Waals surface area (Å²) < 4.78 is 0. The van der Waals surface area contributed by atoms with Gasteiger partial charge in [0.1, 0.15) is 0 Å². The highest BCUT2D eigenvalue weighted by Gasteiger charge is 2.23. The van der Waals surface area contributed by atoms with Crippen LogP contribution in [0.15, 0.2) is 0 Å². The van der Waals surface area contributed by atoms with E-state index in [-0.39, 0.29) is 22.9 Å². The van der Waals surface area contributed by atoms with Crippen molar-refractivity contribution in [1.29, 1.82) is 0 Å². The van der Waals surface area contributed by atoms with Crippen molar-refractivity contribution in [2.45, 2.75) is 40.2 Å². The van der Waals surface area contributed by atoms with E-state index in [1.54, 1.807) is 11.8 Å². The van der Waals surface area contributed by atoms with Crippen LogP contribution < -0.4 is 5.73 Å². The van der Waals surface area contributed by atoms with Crippen molar-refractivity contribution in [3.8, 4) is 0 Å². The number of hydrogen-bond donors (Lipinski definition) is 1. The van der Waals surface area contributed by atoms with Gasteiger partial charge in [0, 0.05) is 13.1 Å². The fourth-order valence-electron chi connectivity index (χ4n) is 1.48. The van der Waals surface area contributed by atoms with Crippen LogP contribution >= 0.6 is 12.2 Å². The lowest BCUT2D eigenvalue weighted by Gasteiger charge is -2.28. The normalized spacial score (nSPS) is 14.8. The number of nitrogens with zero attached hydrogens (tertiary/aromatic N) is 1. The van der Waals surface area contributed by atoms with Crippen LogP contribution in [0.25, 0.3) is 0 Å². The van der Waals surface area contributed by atoms with E-state index in [1.165, 1.54) is 0 Å². The van der Waals surface area contributed by atoms with Crippen LogP contribution in [0.2, 0.25) is 0 Å². The van der Waals surface area contributed by atoms with Crippen LogP contribution in [0.5, 0.6) is 0 Å². The molecule has 0 spiro atoms. The highest BCUT2D eigenvalue weighted by molar-refractivity contribution is 7.80. The summed E-state index contributed by atoms with van der Waals surface area (Å²) in [7, 11) is 1.81. The van der Waals surface area contributed by atoms with Gasteiger partial charge in [-0.3, -0.25) is 4.79 Å². The second-order valence-corrected chi connectivity index (χ2v) is 5.02. The average molecular weight is 230 g/mol. The van der Waals surface area contributed by atoms with Crippen molar-refractivity contribution >= 4 is 23.1 Å². The number of hydrogen-bond acceptors (Lipinski definition) is 2. The Balaban J connectivity index is 4.37. The molecule has 0 heterocycles. The molecule has 2 unspecified atom stereocenters. The van der Waals surface area contributed by atoms with Gasteiger partial charge in [0.05, 0.1) is 10.9 Å². The lowest BCUT2D eigenvalue weighted by atomic mass is 10.0. The van der Waals surface area contributed by atoms with E-state index in [4.69, 9.17) is 18.0 Å². The third-order valence-corrected chi connectivity index (χ3v) is 2.97. The van der Waals surface area contributed by atoms with Gasteiger partial charge in [-0.15, -0.1) is 0 Å². The van der Waals surface area contributed by atoms with Crippen LogP contribution in [0.4, 0.5) is 0 Å². The van der Waals surface area contributed by atoms with Crippen LogP contribution in [-0.2, 0) is 4.79 Å². The molecule has 0 bridgehead atoms. The summed E-state index contributed by atoms with van der Waals surface area (Å²) in [4.78, 5) is 13.9. The molecule has 2 N–H and O–H groups in total. The number of amides is 1. The minimum Gasteiger partial charge on any atom is -0.393 e. The first-order valence-corrected chi connectivity index (χ1v) is 5.74. The van der Waals surface area contributed by atoms with E-state index in [0.717, 1.165) is 6.42 Å². The Morgan fingerprint density at radius 2 is 1.80 bits per heavy atom. The van der Waals surface area contributed by atoms with Gasteiger partial charge >= 0.3 is 0 Å². The molecule has 88 valence electrons. The molecule has 0 saturated carbocycles. The second kappa shape index (κ2) is 6.05. The maximum atomic E-state index is 11.9. The van der Waals surface area contributed by atoms with E-state index in [2.05, 4.69) is 13.8 Å². The summed E-state index contributed by atoms with van der Waals surface area (Å²) >= 11 is 4.82. The molecule has 0 fully saturated rings. The van der Waals surface area contributed by atoms with Crippen molar-refractivity contribution in [2.75, 3.05) is 7.05 Å². The van der Waals surface area contributed by atoms with E-state index in [0.29, 0.717) is 5.92 Å². The maximum absolute atomic E-state index is 11.9. The molecule has 4 heteroatoms. The average Bonchev–Trinajstić information content (AvgIpc) is 2.13.